The zero-order valence-corrected chi connectivity index (χ0v) is 18.1. The zero-order valence-electron chi connectivity index (χ0n) is 18.1. The minimum atomic E-state index is -0.167. The fourth-order valence-electron chi connectivity index (χ4n) is 9.03. The molecule has 3 heteroatoms. The molecule has 0 heterocycles. The first-order valence-electron chi connectivity index (χ1n) is 11.7. The van der Waals surface area contributed by atoms with Crippen molar-refractivity contribution in [1.82, 2.24) is 0 Å². The second-order valence-electron chi connectivity index (χ2n) is 11.9. The second kappa shape index (κ2) is 6.71. The monoisotopic (exact) mass is 377 g/mol. The number of hydrogen-bond donors (Lipinski definition) is 3. The molecule has 156 valence electrons. The standard InChI is InChI=1S/C24H43NO2/c1-22(2,11-12-25)20-6-5-17-21-18(8-10-24(17,20)4)23(3)9-7-16(26)13-15(23)14-19(21)27/h15-21,26-27H,5-14,25H2,1-4H3/t15-,16+,17?,18?,19-,20+,21?,23-,24-/m0/s1. The van der Waals surface area contributed by atoms with Crippen LogP contribution in [0.5, 0.6) is 0 Å². The van der Waals surface area contributed by atoms with E-state index in [1.807, 2.05) is 0 Å². The Morgan fingerprint density at radius 2 is 1.59 bits per heavy atom. The lowest BCUT2D eigenvalue weighted by molar-refractivity contribution is -0.176. The summed E-state index contributed by atoms with van der Waals surface area (Å²) in [6.45, 7) is 10.7. The molecule has 0 aromatic carbocycles. The van der Waals surface area contributed by atoms with Crippen LogP contribution in [-0.4, -0.2) is 29.0 Å². The molecular formula is C24H43NO2. The largest absolute Gasteiger partial charge is 0.393 e. The van der Waals surface area contributed by atoms with Gasteiger partial charge in [-0.3, -0.25) is 0 Å². The van der Waals surface area contributed by atoms with Crippen molar-refractivity contribution in [3.8, 4) is 0 Å². The lowest BCUT2D eigenvalue weighted by Crippen LogP contribution is -2.59. The van der Waals surface area contributed by atoms with Crippen molar-refractivity contribution in [2.45, 2.75) is 97.7 Å². The molecule has 3 nitrogen and oxygen atoms in total. The Morgan fingerprint density at radius 1 is 0.926 bits per heavy atom. The molecule has 27 heavy (non-hydrogen) atoms. The van der Waals surface area contributed by atoms with Crippen LogP contribution in [0.4, 0.5) is 0 Å². The smallest absolute Gasteiger partial charge is 0.0577 e. The summed E-state index contributed by atoms with van der Waals surface area (Å²) in [5, 5.41) is 21.5. The first kappa shape index (κ1) is 20.2. The minimum Gasteiger partial charge on any atom is -0.393 e. The van der Waals surface area contributed by atoms with E-state index >= 15 is 0 Å². The molecule has 0 aromatic rings. The fourth-order valence-corrected chi connectivity index (χ4v) is 9.03. The number of aliphatic hydroxyl groups is 2. The van der Waals surface area contributed by atoms with Gasteiger partial charge in [0.2, 0.25) is 0 Å². The van der Waals surface area contributed by atoms with Crippen molar-refractivity contribution < 1.29 is 10.2 Å². The zero-order chi connectivity index (χ0) is 19.6. The van der Waals surface area contributed by atoms with E-state index in [-0.39, 0.29) is 12.2 Å². The Morgan fingerprint density at radius 3 is 2.30 bits per heavy atom. The van der Waals surface area contributed by atoms with Crippen molar-refractivity contribution in [1.29, 1.82) is 0 Å². The third kappa shape index (κ3) is 2.94. The van der Waals surface area contributed by atoms with Crippen LogP contribution in [0, 0.1) is 45.8 Å². The molecule has 4 aliphatic rings. The molecular weight excluding hydrogens is 334 g/mol. The predicted octanol–water partition coefficient (Wildman–Crippen LogP) is 4.35. The molecule has 0 saturated heterocycles. The highest BCUT2D eigenvalue weighted by Gasteiger charge is 2.63. The normalized spacial score (nSPS) is 52.8. The minimum absolute atomic E-state index is 0.145. The van der Waals surface area contributed by atoms with E-state index in [1.165, 1.54) is 25.7 Å². The molecule has 0 radical (unpaired) electrons. The molecule has 4 fully saturated rings. The molecule has 4 saturated carbocycles. The number of fused-ring (bicyclic) bond motifs is 5. The topological polar surface area (TPSA) is 66.5 Å². The summed E-state index contributed by atoms with van der Waals surface area (Å²) < 4.78 is 0. The van der Waals surface area contributed by atoms with Gasteiger partial charge in [-0.1, -0.05) is 27.7 Å². The van der Waals surface area contributed by atoms with Crippen molar-refractivity contribution in [3.63, 3.8) is 0 Å². The Bertz CT molecular complexity index is 563. The van der Waals surface area contributed by atoms with Gasteiger partial charge in [0.05, 0.1) is 12.2 Å². The molecule has 0 amide bonds. The van der Waals surface area contributed by atoms with Crippen LogP contribution < -0.4 is 5.73 Å². The van der Waals surface area contributed by atoms with Crippen molar-refractivity contribution in [3.05, 3.63) is 0 Å². The van der Waals surface area contributed by atoms with Gasteiger partial charge in [-0.05, 0) is 110 Å². The maximum absolute atomic E-state index is 11.3. The van der Waals surface area contributed by atoms with Crippen molar-refractivity contribution >= 4 is 0 Å². The van der Waals surface area contributed by atoms with E-state index in [0.29, 0.717) is 39.9 Å². The van der Waals surface area contributed by atoms with E-state index in [9.17, 15) is 10.2 Å². The summed E-state index contributed by atoms with van der Waals surface area (Å²) in [5.41, 5.74) is 6.95. The summed E-state index contributed by atoms with van der Waals surface area (Å²) in [4.78, 5) is 0. The van der Waals surface area contributed by atoms with Gasteiger partial charge in [0, 0.05) is 0 Å². The SMILES string of the molecule is CC(C)(CCN)[C@H]1CCC2C3C(CC[C@@]21C)[C@@]1(C)CC[C@@H](O)C[C@H]1C[C@@H]3O. The first-order chi connectivity index (χ1) is 12.6. The fraction of sp³-hybridized carbons (Fsp3) is 1.00. The average molecular weight is 378 g/mol. The van der Waals surface area contributed by atoms with Crippen LogP contribution in [0.15, 0.2) is 0 Å². The molecule has 0 aliphatic heterocycles. The van der Waals surface area contributed by atoms with Crippen LogP contribution in [0.25, 0.3) is 0 Å². The van der Waals surface area contributed by atoms with Gasteiger partial charge in [0.1, 0.15) is 0 Å². The number of hydrogen-bond acceptors (Lipinski definition) is 3. The summed E-state index contributed by atoms with van der Waals surface area (Å²) >= 11 is 0. The highest BCUT2D eigenvalue weighted by molar-refractivity contribution is 5.12. The second-order valence-corrected chi connectivity index (χ2v) is 11.9. The predicted molar refractivity (Wildman–Crippen MR) is 110 cm³/mol. The molecule has 0 spiro atoms. The first-order valence-corrected chi connectivity index (χ1v) is 11.7. The van der Waals surface area contributed by atoms with E-state index < -0.39 is 0 Å². The van der Waals surface area contributed by atoms with Gasteiger partial charge in [-0.15, -0.1) is 0 Å². The van der Waals surface area contributed by atoms with E-state index in [0.717, 1.165) is 44.6 Å². The Kier molecular flexibility index (Phi) is 5.01. The van der Waals surface area contributed by atoms with Crippen LogP contribution >= 0.6 is 0 Å². The Hall–Kier alpha value is -0.120. The third-order valence-corrected chi connectivity index (χ3v) is 10.4. The van der Waals surface area contributed by atoms with E-state index in [2.05, 4.69) is 27.7 Å². The lowest BCUT2D eigenvalue weighted by Gasteiger charge is -2.63. The highest BCUT2D eigenvalue weighted by Crippen LogP contribution is 2.69. The summed E-state index contributed by atoms with van der Waals surface area (Å²) in [6.07, 6.45) is 9.91. The van der Waals surface area contributed by atoms with Gasteiger partial charge in [-0.2, -0.15) is 0 Å². The average Bonchev–Trinajstić information content (AvgIpc) is 2.94. The van der Waals surface area contributed by atoms with Crippen molar-refractivity contribution in [2.24, 2.45) is 51.6 Å². The van der Waals surface area contributed by atoms with Gasteiger partial charge in [-0.25, -0.2) is 0 Å². The number of aliphatic hydroxyl groups excluding tert-OH is 2. The summed E-state index contributed by atoms with van der Waals surface area (Å²) in [7, 11) is 0. The Balaban J connectivity index is 1.63. The number of rotatable bonds is 3. The Labute approximate surface area is 166 Å². The molecule has 9 atom stereocenters. The van der Waals surface area contributed by atoms with Gasteiger partial charge in [0.25, 0.3) is 0 Å². The van der Waals surface area contributed by atoms with E-state index in [4.69, 9.17) is 5.73 Å². The van der Waals surface area contributed by atoms with Crippen molar-refractivity contribution in [2.75, 3.05) is 6.54 Å². The summed E-state index contributed by atoms with van der Waals surface area (Å²) in [6, 6.07) is 0. The van der Waals surface area contributed by atoms with Crippen LogP contribution in [0.1, 0.15) is 85.5 Å². The van der Waals surface area contributed by atoms with Crippen LogP contribution in [0.2, 0.25) is 0 Å². The molecule has 4 N–H and O–H groups in total. The maximum Gasteiger partial charge on any atom is 0.0577 e. The molecule has 0 aromatic heterocycles. The maximum atomic E-state index is 11.3. The number of nitrogens with two attached hydrogens (primary N) is 1. The summed E-state index contributed by atoms with van der Waals surface area (Å²) in [5.74, 6) is 3.02. The molecule has 4 aliphatic carbocycles. The van der Waals surface area contributed by atoms with Gasteiger partial charge in [0.15, 0.2) is 0 Å². The van der Waals surface area contributed by atoms with Crippen LogP contribution in [0.3, 0.4) is 0 Å². The van der Waals surface area contributed by atoms with Gasteiger partial charge < -0.3 is 15.9 Å². The highest BCUT2D eigenvalue weighted by atomic mass is 16.3. The molecule has 0 bridgehead atoms. The van der Waals surface area contributed by atoms with Crippen LogP contribution in [-0.2, 0) is 0 Å². The molecule has 4 rings (SSSR count). The third-order valence-electron chi connectivity index (χ3n) is 10.4. The quantitative estimate of drug-likeness (QED) is 0.685. The van der Waals surface area contributed by atoms with E-state index in [1.54, 1.807) is 0 Å². The molecule has 3 unspecified atom stereocenters. The lowest BCUT2D eigenvalue weighted by atomic mass is 9.43. The van der Waals surface area contributed by atoms with Gasteiger partial charge >= 0.3 is 0 Å².